The third kappa shape index (κ3) is 5.76. The van der Waals surface area contributed by atoms with Gasteiger partial charge in [0, 0.05) is 22.8 Å². The maximum Gasteiger partial charge on any atom is 0.416 e. The van der Waals surface area contributed by atoms with Crippen molar-refractivity contribution in [3.8, 4) is 11.8 Å². The van der Waals surface area contributed by atoms with Gasteiger partial charge >= 0.3 is 6.18 Å². The molecule has 1 N–H and O–H groups in total. The number of nitriles is 1. The Bertz CT molecular complexity index is 1250. The summed E-state index contributed by atoms with van der Waals surface area (Å²) in [4.78, 5) is 12.6. The van der Waals surface area contributed by atoms with Crippen LogP contribution in [0.25, 0.3) is 11.8 Å². The smallest absolute Gasteiger partial charge is 0.321 e. The minimum absolute atomic E-state index is 0.0328. The Morgan fingerprint density at radius 3 is 2.44 bits per heavy atom. The van der Waals surface area contributed by atoms with Gasteiger partial charge in [0.15, 0.2) is 0 Å². The third-order valence-electron chi connectivity index (χ3n) is 5.60. The predicted molar refractivity (Wildman–Crippen MR) is 128 cm³/mol. The number of amides is 1. The molecule has 176 valence electrons. The standard InChI is InChI=1S/C27H26F3N3O/c1-4-5-7-20-10-12-25(13-11-20)33-18(2)14-21(19(33)3)15-22(17-31)26(34)32-24-9-6-8-23(16-24)27(28,29)30/h6,8-16H,4-5,7H2,1-3H3,(H,32,34)/b22-15-. The molecule has 0 fully saturated rings. The number of anilines is 1. The van der Waals surface area contributed by atoms with Crippen molar-refractivity contribution in [2.75, 3.05) is 5.32 Å². The zero-order valence-corrected chi connectivity index (χ0v) is 19.3. The molecule has 4 nitrogen and oxygen atoms in total. The first-order valence-electron chi connectivity index (χ1n) is 11.0. The minimum atomic E-state index is -4.53. The first-order valence-corrected chi connectivity index (χ1v) is 11.0. The third-order valence-corrected chi connectivity index (χ3v) is 5.60. The predicted octanol–water partition coefficient (Wildman–Crippen LogP) is 7.00. The zero-order chi connectivity index (χ0) is 24.9. The van der Waals surface area contributed by atoms with Crippen molar-refractivity contribution < 1.29 is 18.0 Å². The molecule has 34 heavy (non-hydrogen) atoms. The van der Waals surface area contributed by atoms with Crippen LogP contribution in [0.1, 0.15) is 47.8 Å². The number of aryl methyl sites for hydroxylation is 2. The summed E-state index contributed by atoms with van der Waals surface area (Å²) >= 11 is 0. The van der Waals surface area contributed by atoms with Gasteiger partial charge in [0.05, 0.1) is 5.56 Å². The molecule has 0 radical (unpaired) electrons. The van der Waals surface area contributed by atoms with Gasteiger partial charge in [-0.05, 0) is 80.3 Å². The molecule has 0 spiro atoms. The molecule has 0 saturated heterocycles. The number of alkyl halides is 3. The van der Waals surface area contributed by atoms with Crippen molar-refractivity contribution in [3.05, 3.63) is 88.2 Å². The summed E-state index contributed by atoms with van der Waals surface area (Å²) in [6, 6.07) is 16.3. The summed E-state index contributed by atoms with van der Waals surface area (Å²) < 4.78 is 40.9. The average Bonchev–Trinajstić information content (AvgIpc) is 3.08. The van der Waals surface area contributed by atoms with Gasteiger partial charge in [-0.3, -0.25) is 4.79 Å². The van der Waals surface area contributed by atoms with Crippen molar-refractivity contribution in [3.63, 3.8) is 0 Å². The molecule has 0 unspecified atom stereocenters. The van der Waals surface area contributed by atoms with Crippen LogP contribution < -0.4 is 5.32 Å². The van der Waals surface area contributed by atoms with Gasteiger partial charge in [0.2, 0.25) is 0 Å². The number of halogens is 3. The number of nitrogens with zero attached hydrogens (tertiary/aromatic N) is 2. The normalized spacial score (nSPS) is 11.9. The highest BCUT2D eigenvalue weighted by Gasteiger charge is 2.30. The van der Waals surface area contributed by atoms with Crippen LogP contribution in [0.5, 0.6) is 0 Å². The van der Waals surface area contributed by atoms with E-state index in [0.717, 1.165) is 48.5 Å². The topological polar surface area (TPSA) is 57.8 Å². The summed E-state index contributed by atoms with van der Waals surface area (Å²) in [5.41, 5.74) is 3.59. The molecule has 0 atom stereocenters. The van der Waals surface area contributed by atoms with Crippen LogP contribution in [0.3, 0.4) is 0 Å². The molecule has 1 aromatic heterocycles. The monoisotopic (exact) mass is 465 g/mol. The fourth-order valence-corrected chi connectivity index (χ4v) is 3.80. The number of unbranched alkanes of at least 4 members (excludes halogenated alkanes) is 1. The Morgan fingerprint density at radius 1 is 1.12 bits per heavy atom. The molecule has 0 aliphatic carbocycles. The average molecular weight is 466 g/mol. The van der Waals surface area contributed by atoms with E-state index in [0.29, 0.717) is 5.56 Å². The first-order chi connectivity index (χ1) is 16.1. The molecule has 0 saturated carbocycles. The molecular weight excluding hydrogens is 439 g/mol. The molecule has 0 aliphatic heterocycles. The molecule has 1 amide bonds. The van der Waals surface area contributed by atoms with Gasteiger partial charge in [-0.15, -0.1) is 0 Å². The Hall–Kier alpha value is -3.79. The lowest BCUT2D eigenvalue weighted by atomic mass is 10.1. The molecule has 3 aromatic rings. The van der Waals surface area contributed by atoms with Crippen LogP contribution in [0, 0.1) is 25.2 Å². The molecule has 3 rings (SSSR count). The molecule has 0 bridgehead atoms. The summed E-state index contributed by atoms with van der Waals surface area (Å²) in [7, 11) is 0. The number of nitrogens with one attached hydrogen (secondary N) is 1. The lowest BCUT2D eigenvalue weighted by Gasteiger charge is -2.11. The number of aromatic nitrogens is 1. The van der Waals surface area contributed by atoms with E-state index >= 15 is 0 Å². The minimum Gasteiger partial charge on any atom is -0.321 e. The van der Waals surface area contributed by atoms with Crippen molar-refractivity contribution >= 4 is 17.7 Å². The number of benzene rings is 2. The largest absolute Gasteiger partial charge is 0.416 e. The van der Waals surface area contributed by atoms with Crippen molar-refractivity contribution in [1.82, 2.24) is 4.57 Å². The number of carbonyl (C=O) groups excluding carboxylic acids is 1. The van der Waals surface area contributed by atoms with E-state index < -0.39 is 17.6 Å². The maximum atomic E-state index is 12.9. The molecular formula is C27H26F3N3O. The summed E-state index contributed by atoms with van der Waals surface area (Å²) in [6.07, 6.45) is 0.226. The van der Waals surface area contributed by atoms with E-state index in [1.54, 1.807) is 0 Å². The second-order valence-corrected chi connectivity index (χ2v) is 8.13. The summed E-state index contributed by atoms with van der Waals surface area (Å²) in [5.74, 6) is -0.771. The van der Waals surface area contributed by atoms with Crippen LogP contribution in [0.15, 0.2) is 60.2 Å². The Balaban J connectivity index is 1.85. The van der Waals surface area contributed by atoms with E-state index in [2.05, 4.69) is 24.4 Å². The van der Waals surface area contributed by atoms with Crippen LogP contribution in [0.4, 0.5) is 18.9 Å². The van der Waals surface area contributed by atoms with E-state index in [-0.39, 0.29) is 11.3 Å². The molecule has 2 aromatic carbocycles. The fraction of sp³-hybridized carbons (Fsp3) is 0.259. The Morgan fingerprint density at radius 2 is 1.82 bits per heavy atom. The Kier molecular flexibility index (Phi) is 7.62. The van der Waals surface area contributed by atoms with Crippen LogP contribution in [0.2, 0.25) is 0 Å². The highest BCUT2D eigenvalue weighted by atomic mass is 19.4. The highest BCUT2D eigenvalue weighted by Crippen LogP contribution is 2.31. The molecule has 7 heteroatoms. The second-order valence-electron chi connectivity index (χ2n) is 8.13. The van der Waals surface area contributed by atoms with Crippen LogP contribution >= 0.6 is 0 Å². The zero-order valence-electron chi connectivity index (χ0n) is 19.3. The van der Waals surface area contributed by atoms with Gasteiger partial charge in [-0.25, -0.2) is 0 Å². The number of hydrogen-bond donors (Lipinski definition) is 1. The van der Waals surface area contributed by atoms with Crippen LogP contribution in [-0.4, -0.2) is 10.5 Å². The van der Waals surface area contributed by atoms with E-state index in [9.17, 15) is 23.2 Å². The number of hydrogen-bond acceptors (Lipinski definition) is 2. The fourth-order valence-electron chi connectivity index (χ4n) is 3.80. The van der Waals surface area contributed by atoms with Gasteiger partial charge < -0.3 is 9.88 Å². The molecule has 0 aliphatic rings. The number of carbonyl (C=O) groups is 1. The number of rotatable bonds is 7. The SMILES string of the molecule is CCCCc1ccc(-n2c(C)cc(/C=C(/C#N)C(=O)Nc3cccc(C(F)(F)F)c3)c2C)cc1. The summed E-state index contributed by atoms with van der Waals surface area (Å²) in [6.45, 7) is 5.99. The van der Waals surface area contributed by atoms with Gasteiger partial charge in [-0.1, -0.05) is 31.5 Å². The van der Waals surface area contributed by atoms with Gasteiger partial charge in [0.1, 0.15) is 11.6 Å². The van der Waals surface area contributed by atoms with E-state index in [4.69, 9.17) is 0 Å². The van der Waals surface area contributed by atoms with Crippen molar-refractivity contribution in [2.45, 2.75) is 46.2 Å². The first kappa shape index (κ1) is 24.8. The highest BCUT2D eigenvalue weighted by molar-refractivity contribution is 6.09. The lowest BCUT2D eigenvalue weighted by molar-refractivity contribution is -0.137. The van der Waals surface area contributed by atoms with Crippen LogP contribution in [-0.2, 0) is 17.4 Å². The molecule has 1 heterocycles. The Labute approximate surface area is 197 Å². The lowest BCUT2D eigenvalue weighted by Crippen LogP contribution is -2.14. The van der Waals surface area contributed by atoms with Gasteiger partial charge in [0.25, 0.3) is 5.91 Å². The van der Waals surface area contributed by atoms with E-state index in [1.807, 2.05) is 42.7 Å². The van der Waals surface area contributed by atoms with Crippen molar-refractivity contribution in [1.29, 1.82) is 5.26 Å². The van der Waals surface area contributed by atoms with E-state index in [1.165, 1.54) is 23.8 Å². The second kappa shape index (κ2) is 10.4. The van der Waals surface area contributed by atoms with Gasteiger partial charge in [-0.2, -0.15) is 18.4 Å². The summed E-state index contributed by atoms with van der Waals surface area (Å²) in [5, 5.41) is 11.9. The maximum absolute atomic E-state index is 12.9. The quantitative estimate of drug-likeness (QED) is 0.302. The van der Waals surface area contributed by atoms with Crippen molar-refractivity contribution in [2.24, 2.45) is 0 Å².